The predicted octanol–water partition coefficient (Wildman–Crippen LogP) is 7.93. The highest BCUT2D eigenvalue weighted by Gasteiger charge is 2.41. The van der Waals surface area contributed by atoms with Crippen molar-refractivity contribution in [2.24, 2.45) is 5.41 Å². The first kappa shape index (κ1) is 42.7. The molecule has 2 aliphatic carbocycles. The molecule has 3 aromatic carbocycles. The third-order valence-corrected chi connectivity index (χ3v) is 14.2. The largest absolute Gasteiger partial charge is 0.455 e. The summed E-state index contributed by atoms with van der Waals surface area (Å²) < 4.78 is 61.8. The van der Waals surface area contributed by atoms with Gasteiger partial charge in [-0.15, -0.1) is 0 Å². The molecule has 4 heterocycles. The molecular weight excluding hydrogens is 853 g/mol. The average molecular weight is 900 g/mol. The lowest BCUT2D eigenvalue weighted by atomic mass is 9.59. The number of nitro groups is 1. The topological polar surface area (TPSA) is 181 Å². The molecule has 0 radical (unpaired) electrons. The van der Waals surface area contributed by atoms with Gasteiger partial charge in [-0.3, -0.25) is 19.8 Å². The smallest absolute Gasteiger partial charge is 0.296 e. The molecule has 3 N–H and O–H groups in total. The summed E-state index contributed by atoms with van der Waals surface area (Å²) in [7, 11) is -4.84. The van der Waals surface area contributed by atoms with Gasteiger partial charge < -0.3 is 29.4 Å². The zero-order valence-corrected chi connectivity index (χ0v) is 36.0. The van der Waals surface area contributed by atoms with Gasteiger partial charge in [-0.2, -0.15) is 0 Å². The molecule has 330 valence electrons. The Hall–Kier alpha value is -5.59. The van der Waals surface area contributed by atoms with Gasteiger partial charge >= 0.3 is 0 Å². The van der Waals surface area contributed by atoms with Gasteiger partial charge in [0.25, 0.3) is 21.6 Å². The Morgan fingerprint density at radius 2 is 1.86 bits per heavy atom. The van der Waals surface area contributed by atoms with Gasteiger partial charge in [-0.1, -0.05) is 35.7 Å². The first-order valence-corrected chi connectivity index (χ1v) is 23.0. The van der Waals surface area contributed by atoms with Crippen molar-refractivity contribution in [2.45, 2.75) is 49.5 Å². The van der Waals surface area contributed by atoms with E-state index in [0.29, 0.717) is 55.2 Å². The molecule has 63 heavy (non-hydrogen) atoms. The zero-order chi connectivity index (χ0) is 43.7. The van der Waals surface area contributed by atoms with Crippen molar-refractivity contribution in [3.63, 3.8) is 0 Å². The number of aromatic nitrogens is 2. The molecule has 4 aliphatic rings. The number of sulfonamides is 1. The van der Waals surface area contributed by atoms with Crippen LogP contribution in [-0.4, -0.2) is 99.3 Å². The minimum absolute atomic E-state index is 0.0215. The number of benzene rings is 3. The molecule has 15 nitrogen and oxygen atoms in total. The number of H-pyrrole nitrogens is 1. The molecule has 1 atom stereocenters. The molecule has 5 aromatic rings. The number of carbonyl (C=O) groups excluding carboxylic acids is 1. The molecule has 3 fully saturated rings. The highest BCUT2D eigenvalue weighted by atomic mass is 35.5. The van der Waals surface area contributed by atoms with Crippen LogP contribution >= 0.6 is 11.6 Å². The number of allylic oxidation sites excluding steroid dienone is 1. The summed E-state index contributed by atoms with van der Waals surface area (Å²) in [5.41, 5.74) is 4.53. The highest BCUT2D eigenvalue weighted by Crippen LogP contribution is 2.55. The molecular formula is C45H47ClFN7O8S. The van der Waals surface area contributed by atoms with Crippen LogP contribution < -0.4 is 19.7 Å². The van der Waals surface area contributed by atoms with Gasteiger partial charge in [-0.05, 0) is 91.1 Å². The maximum absolute atomic E-state index is 15.5. The average Bonchev–Trinajstić information content (AvgIpc) is 3.74. The Bertz CT molecular complexity index is 2680. The second-order valence-corrected chi connectivity index (χ2v) is 18.8. The van der Waals surface area contributed by atoms with E-state index in [1.54, 1.807) is 24.4 Å². The monoisotopic (exact) mass is 899 g/mol. The first-order chi connectivity index (χ1) is 30.4. The zero-order valence-electron chi connectivity index (χ0n) is 34.4. The third-order valence-electron chi connectivity index (χ3n) is 12.7. The van der Waals surface area contributed by atoms with Crippen LogP contribution in [0.5, 0.6) is 11.5 Å². The number of amides is 1. The van der Waals surface area contributed by atoms with Crippen molar-refractivity contribution >= 4 is 61.2 Å². The molecule has 18 heteroatoms. The Labute approximate surface area is 368 Å². The number of hydrogen-bond donors (Lipinski definition) is 3. The van der Waals surface area contributed by atoms with Crippen LogP contribution in [-0.2, 0) is 19.5 Å². The van der Waals surface area contributed by atoms with E-state index in [0.717, 1.165) is 48.6 Å². The number of aromatic amines is 1. The Morgan fingerprint density at radius 3 is 2.59 bits per heavy atom. The minimum atomic E-state index is -4.84. The molecule has 0 unspecified atom stereocenters. The summed E-state index contributed by atoms with van der Waals surface area (Å²) in [6, 6.07) is 18.0. The second-order valence-electron chi connectivity index (χ2n) is 16.7. The minimum Gasteiger partial charge on any atom is -0.455 e. The van der Waals surface area contributed by atoms with Gasteiger partial charge in [0.15, 0.2) is 5.82 Å². The number of ether oxygens (including phenoxy) is 3. The lowest BCUT2D eigenvalue weighted by molar-refractivity contribution is -0.384. The lowest BCUT2D eigenvalue weighted by Crippen LogP contribution is -2.47. The van der Waals surface area contributed by atoms with Crippen LogP contribution in [0.4, 0.5) is 21.5 Å². The highest BCUT2D eigenvalue weighted by molar-refractivity contribution is 7.90. The number of carbonyl (C=O) groups is 1. The van der Waals surface area contributed by atoms with Crippen LogP contribution in [0.2, 0.25) is 5.02 Å². The number of halogens is 2. The van der Waals surface area contributed by atoms with Crippen LogP contribution in [0, 0.1) is 21.3 Å². The Morgan fingerprint density at radius 1 is 1.05 bits per heavy atom. The fourth-order valence-electron chi connectivity index (χ4n) is 9.06. The number of nitro benzene ring substituents is 1. The summed E-state index contributed by atoms with van der Waals surface area (Å²) in [6.07, 6.45) is 10.0. The van der Waals surface area contributed by atoms with Gasteiger partial charge in [0.2, 0.25) is 0 Å². The predicted molar refractivity (Wildman–Crippen MR) is 237 cm³/mol. The SMILES string of the molecule is O=C(NS(=O)(=O)c1cc(F)c(NC[C@H]2COCCO2)c([N+](=O)[O-])c1)c1ccc(N2CCN(CC3=C(c4ccc(Cl)cc4)CC4(CCC4)CC3)CC2)cc1Oc1cnc2[nH]ccc2c1. The van der Waals surface area contributed by atoms with E-state index in [1.165, 1.54) is 54.7 Å². The van der Waals surface area contributed by atoms with E-state index >= 15 is 4.39 Å². The number of rotatable bonds is 13. The summed E-state index contributed by atoms with van der Waals surface area (Å²) in [4.78, 5) is 36.3. The number of piperazine rings is 1. The van der Waals surface area contributed by atoms with Gasteiger partial charge in [0.1, 0.15) is 22.8 Å². The lowest BCUT2D eigenvalue weighted by Gasteiger charge is -2.47. The summed E-state index contributed by atoms with van der Waals surface area (Å²) in [5, 5.41) is 16.2. The molecule has 2 aliphatic heterocycles. The number of fused-ring (bicyclic) bond motifs is 1. The molecule has 9 rings (SSSR count). The third kappa shape index (κ3) is 9.38. The summed E-state index contributed by atoms with van der Waals surface area (Å²) >= 11 is 6.27. The maximum Gasteiger partial charge on any atom is 0.296 e. The molecule has 1 amide bonds. The fourth-order valence-corrected chi connectivity index (χ4v) is 10.2. The standard InChI is InChI=1S/C45H47ClFN7O8S/c46-32-4-2-29(3-5-32)38-24-45(10-1-11-45)12-8-31(38)27-52-14-16-53(17-15-52)33-6-7-37(41(21-33)62-34-20-30-9-13-48-43(30)50-25-34)44(55)51-63(58,59)36-22-39(47)42(40(23-36)54(56)57)49-26-35-28-60-18-19-61-35/h2-7,9,13,20-23,25,35,49H,1,8,10-12,14-19,24,26-28H2,(H,48,50)(H,51,55)/t35-/m0/s1. The Balaban J connectivity index is 0.936. The molecule has 1 saturated carbocycles. The fraction of sp³-hybridized carbons (Fsp3) is 0.378. The second kappa shape index (κ2) is 17.9. The number of anilines is 2. The number of nitrogens with one attached hydrogen (secondary N) is 3. The van der Waals surface area contributed by atoms with Crippen LogP contribution in [0.25, 0.3) is 16.6 Å². The van der Waals surface area contributed by atoms with E-state index < -0.39 is 49.0 Å². The van der Waals surface area contributed by atoms with Gasteiger partial charge in [-0.25, -0.2) is 22.5 Å². The summed E-state index contributed by atoms with van der Waals surface area (Å²) in [6.45, 7) is 4.76. The van der Waals surface area contributed by atoms with Crippen molar-refractivity contribution in [1.29, 1.82) is 0 Å². The van der Waals surface area contributed by atoms with Crippen LogP contribution in [0.3, 0.4) is 0 Å². The summed E-state index contributed by atoms with van der Waals surface area (Å²) in [5.74, 6) is -1.94. The van der Waals surface area contributed by atoms with E-state index in [9.17, 15) is 23.3 Å². The van der Waals surface area contributed by atoms with E-state index in [1.807, 2.05) is 22.9 Å². The molecule has 1 spiro atoms. The van der Waals surface area contributed by atoms with E-state index in [4.69, 9.17) is 25.8 Å². The number of pyridine rings is 1. The molecule has 2 aromatic heterocycles. The molecule has 2 saturated heterocycles. The molecule has 0 bridgehead atoms. The van der Waals surface area contributed by atoms with Crippen molar-refractivity contribution in [2.75, 3.05) is 69.3 Å². The number of nitrogens with zero attached hydrogens (tertiary/aromatic N) is 4. The van der Waals surface area contributed by atoms with E-state index in [-0.39, 0.29) is 24.5 Å². The normalized spacial score (nSPS) is 19.2. The van der Waals surface area contributed by atoms with Gasteiger partial charge in [0, 0.05) is 73.7 Å². The van der Waals surface area contributed by atoms with Crippen molar-refractivity contribution < 1.29 is 36.7 Å². The van der Waals surface area contributed by atoms with Crippen LogP contribution in [0.15, 0.2) is 89.6 Å². The van der Waals surface area contributed by atoms with Crippen molar-refractivity contribution in [3.8, 4) is 11.5 Å². The van der Waals surface area contributed by atoms with Gasteiger partial charge in [0.05, 0.1) is 47.5 Å². The number of hydrogen-bond acceptors (Lipinski definition) is 12. The van der Waals surface area contributed by atoms with Crippen molar-refractivity contribution in [1.82, 2.24) is 19.6 Å². The van der Waals surface area contributed by atoms with E-state index in [2.05, 4.69) is 37.2 Å². The first-order valence-electron chi connectivity index (χ1n) is 21.1. The Kier molecular flexibility index (Phi) is 12.1. The quantitative estimate of drug-likeness (QED) is 0.0768. The maximum atomic E-state index is 15.5. The van der Waals surface area contributed by atoms with Crippen molar-refractivity contribution in [3.05, 3.63) is 117 Å². The van der Waals surface area contributed by atoms with Crippen LogP contribution in [0.1, 0.15) is 54.4 Å².